The van der Waals surface area contributed by atoms with Crippen LogP contribution in [0.5, 0.6) is 11.5 Å². The van der Waals surface area contributed by atoms with Crippen LogP contribution in [0, 0.1) is 0 Å². The van der Waals surface area contributed by atoms with Crippen LogP contribution in [0.4, 0.5) is 0 Å². The summed E-state index contributed by atoms with van der Waals surface area (Å²) in [5, 5.41) is 0. The molecule has 0 N–H and O–H groups in total. The molecule has 0 unspecified atom stereocenters. The van der Waals surface area contributed by atoms with Gasteiger partial charge in [-0.3, -0.25) is 0 Å². The summed E-state index contributed by atoms with van der Waals surface area (Å²) in [6.07, 6.45) is 1.49. The van der Waals surface area contributed by atoms with E-state index in [1.165, 1.54) is 6.08 Å². The van der Waals surface area contributed by atoms with E-state index in [0.29, 0.717) is 31.3 Å². The first-order valence-corrected chi connectivity index (χ1v) is 9.98. The van der Waals surface area contributed by atoms with Crippen LogP contribution in [-0.4, -0.2) is 12.6 Å². The van der Waals surface area contributed by atoms with E-state index in [0.717, 1.165) is 22.3 Å². The molecule has 4 nitrogen and oxygen atoms in total. The van der Waals surface area contributed by atoms with E-state index in [9.17, 15) is 4.79 Å². The van der Waals surface area contributed by atoms with Gasteiger partial charge in [0.05, 0.1) is 6.61 Å². The van der Waals surface area contributed by atoms with Gasteiger partial charge in [-0.2, -0.15) is 0 Å². The van der Waals surface area contributed by atoms with Crippen molar-refractivity contribution in [1.82, 2.24) is 0 Å². The molecule has 0 aliphatic carbocycles. The summed E-state index contributed by atoms with van der Waals surface area (Å²) in [5.74, 6) is 0.990. The van der Waals surface area contributed by atoms with Crippen molar-refractivity contribution in [3.63, 3.8) is 0 Å². The highest BCUT2D eigenvalue weighted by Gasteiger charge is 2.08. The average molecular weight is 402 g/mol. The van der Waals surface area contributed by atoms with E-state index in [2.05, 4.69) is 0 Å². The zero-order valence-corrected chi connectivity index (χ0v) is 17.3. The Hall–Kier alpha value is -3.53. The molecule has 0 aliphatic heterocycles. The number of allylic oxidation sites excluding steroid dienone is 1. The molecule has 3 aromatic rings. The van der Waals surface area contributed by atoms with Crippen LogP contribution in [0.25, 0.3) is 5.57 Å². The summed E-state index contributed by atoms with van der Waals surface area (Å²) in [7, 11) is 0. The minimum atomic E-state index is -0.364. The van der Waals surface area contributed by atoms with E-state index in [4.69, 9.17) is 14.2 Å². The third-order valence-electron chi connectivity index (χ3n) is 4.45. The molecule has 3 aromatic carbocycles. The Labute approximate surface area is 177 Å². The van der Waals surface area contributed by atoms with Gasteiger partial charge in [0, 0.05) is 12.1 Å². The normalized spacial score (nSPS) is 11.1. The average Bonchev–Trinajstić information content (AvgIpc) is 2.78. The SMILES string of the molecule is CCOC(=O)/C=C(\C)c1cc(OCc2ccccc2)cc(OCc2ccccc2)c1. The monoisotopic (exact) mass is 402 g/mol. The lowest BCUT2D eigenvalue weighted by atomic mass is 10.1. The quantitative estimate of drug-likeness (QED) is 0.335. The first-order valence-electron chi connectivity index (χ1n) is 9.98. The summed E-state index contributed by atoms with van der Waals surface area (Å²) >= 11 is 0. The van der Waals surface area contributed by atoms with Gasteiger partial charge in [0.1, 0.15) is 24.7 Å². The number of ether oxygens (including phenoxy) is 3. The number of rotatable bonds is 9. The third-order valence-corrected chi connectivity index (χ3v) is 4.45. The second-order valence-electron chi connectivity index (χ2n) is 6.82. The van der Waals surface area contributed by atoms with Gasteiger partial charge in [-0.25, -0.2) is 4.79 Å². The number of hydrogen-bond donors (Lipinski definition) is 0. The van der Waals surface area contributed by atoms with Crippen molar-refractivity contribution in [3.8, 4) is 11.5 Å². The number of esters is 1. The molecule has 0 saturated heterocycles. The van der Waals surface area contributed by atoms with Crippen molar-refractivity contribution >= 4 is 11.5 Å². The lowest BCUT2D eigenvalue weighted by Crippen LogP contribution is -2.01. The summed E-state index contributed by atoms with van der Waals surface area (Å²) in [6.45, 7) is 4.89. The molecule has 30 heavy (non-hydrogen) atoms. The van der Waals surface area contributed by atoms with Gasteiger partial charge >= 0.3 is 5.97 Å². The molecule has 0 aliphatic rings. The van der Waals surface area contributed by atoms with E-state index in [1.54, 1.807) is 6.92 Å². The van der Waals surface area contributed by atoms with Crippen LogP contribution in [0.2, 0.25) is 0 Å². The highest BCUT2D eigenvalue weighted by Crippen LogP contribution is 2.28. The Morgan fingerprint density at radius 2 is 1.30 bits per heavy atom. The van der Waals surface area contributed by atoms with Crippen LogP contribution in [0.15, 0.2) is 84.9 Å². The molecular formula is C26H26O4. The lowest BCUT2D eigenvalue weighted by Gasteiger charge is -2.13. The Balaban J connectivity index is 1.81. The maximum absolute atomic E-state index is 11.9. The van der Waals surface area contributed by atoms with Crippen LogP contribution < -0.4 is 9.47 Å². The maximum Gasteiger partial charge on any atom is 0.331 e. The molecule has 4 heteroatoms. The van der Waals surface area contributed by atoms with E-state index in [1.807, 2.05) is 85.8 Å². The fourth-order valence-electron chi connectivity index (χ4n) is 2.89. The van der Waals surface area contributed by atoms with Crippen molar-refractivity contribution in [3.05, 3.63) is 102 Å². The Kier molecular flexibility index (Phi) is 7.67. The van der Waals surface area contributed by atoms with Gasteiger partial charge in [0.15, 0.2) is 0 Å². The Bertz CT molecular complexity index is 917. The number of carbonyl (C=O) groups excluding carboxylic acids is 1. The largest absolute Gasteiger partial charge is 0.489 e. The highest BCUT2D eigenvalue weighted by molar-refractivity contribution is 5.91. The van der Waals surface area contributed by atoms with Crippen LogP contribution in [0.3, 0.4) is 0 Å². The number of benzene rings is 3. The Morgan fingerprint density at radius 1 is 0.800 bits per heavy atom. The number of hydrogen-bond acceptors (Lipinski definition) is 4. The molecule has 0 bridgehead atoms. The molecule has 3 rings (SSSR count). The van der Waals surface area contributed by atoms with Crippen molar-refractivity contribution in [2.75, 3.05) is 6.61 Å². The van der Waals surface area contributed by atoms with E-state index >= 15 is 0 Å². The zero-order chi connectivity index (χ0) is 21.2. The van der Waals surface area contributed by atoms with Crippen molar-refractivity contribution < 1.29 is 19.0 Å². The fourth-order valence-corrected chi connectivity index (χ4v) is 2.89. The summed E-state index contributed by atoms with van der Waals surface area (Å²) in [4.78, 5) is 11.9. The van der Waals surface area contributed by atoms with Crippen molar-refractivity contribution in [2.24, 2.45) is 0 Å². The van der Waals surface area contributed by atoms with Crippen LogP contribution in [-0.2, 0) is 22.7 Å². The summed E-state index contributed by atoms with van der Waals surface area (Å²) in [6, 6.07) is 25.6. The summed E-state index contributed by atoms with van der Waals surface area (Å²) in [5.41, 5.74) is 3.78. The van der Waals surface area contributed by atoms with Gasteiger partial charge in [-0.15, -0.1) is 0 Å². The molecule has 0 amide bonds. The van der Waals surface area contributed by atoms with E-state index in [-0.39, 0.29) is 5.97 Å². The summed E-state index contributed by atoms with van der Waals surface area (Å²) < 4.78 is 17.0. The van der Waals surface area contributed by atoms with Gasteiger partial charge in [0.2, 0.25) is 0 Å². The van der Waals surface area contributed by atoms with Crippen LogP contribution in [0.1, 0.15) is 30.5 Å². The zero-order valence-electron chi connectivity index (χ0n) is 17.3. The molecule has 0 atom stereocenters. The molecule has 0 radical (unpaired) electrons. The molecule has 0 aromatic heterocycles. The molecular weight excluding hydrogens is 376 g/mol. The van der Waals surface area contributed by atoms with Crippen LogP contribution >= 0.6 is 0 Å². The predicted molar refractivity (Wildman–Crippen MR) is 118 cm³/mol. The fraction of sp³-hybridized carbons (Fsp3) is 0.192. The first kappa shape index (κ1) is 21.2. The smallest absolute Gasteiger partial charge is 0.331 e. The number of carbonyl (C=O) groups is 1. The lowest BCUT2D eigenvalue weighted by molar-refractivity contribution is -0.137. The van der Waals surface area contributed by atoms with Gasteiger partial charge in [0.25, 0.3) is 0 Å². The minimum Gasteiger partial charge on any atom is -0.489 e. The molecule has 0 fully saturated rings. The standard InChI is InChI=1S/C26H26O4/c1-3-28-26(27)14-20(2)23-15-24(29-18-21-10-6-4-7-11-21)17-25(16-23)30-19-22-12-8-5-9-13-22/h4-17H,3,18-19H2,1-2H3/b20-14+. The Morgan fingerprint density at radius 3 is 1.77 bits per heavy atom. The second-order valence-corrected chi connectivity index (χ2v) is 6.82. The maximum atomic E-state index is 11.9. The predicted octanol–water partition coefficient (Wildman–Crippen LogP) is 5.81. The van der Waals surface area contributed by atoms with Gasteiger partial charge in [-0.1, -0.05) is 60.7 Å². The van der Waals surface area contributed by atoms with Gasteiger partial charge in [-0.05, 0) is 48.2 Å². The second kappa shape index (κ2) is 10.9. The minimum absolute atomic E-state index is 0.342. The van der Waals surface area contributed by atoms with Crippen molar-refractivity contribution in [1.29, 1.82) is 0 Å². The molecule has 0 saturated carbocycles. The molecule has 0 spiro atoms. The molecule has 0 heterocycles. The van der Waals surface area contributed by atoms with Crippen molar-refractivity contribution in [2.45, 2.75) is 27.1 Å². The molecule has 154 valence electrons. The first-order chi connectivity index (χ1) is 14.6. The van der Waals surface area contributed by atoms with E-state index < -0.39 is 0 Å². The third kappa shape index (κ3) is 6.52. The van der Waals surface area contributed by atoms with Gasteiger partial charge < -0.3 is 14.2 Å². The highest BCUT2D eigenvalue weighted by atomic mass is 16.5. The topological polar surface area (TPSA) is 44.8 Å².